The maximum absolute atomic E-state index is 10.7. The first-order valence-corrected chi connectivity index (χ1v) is 4.52. The van der Waals surface area contributed by atoms with Gasteiger partial charge in [0.1, 0.15) is 12.2 Å². The van der Waals surface area contributed by atoms with Gasteiger partial charge in [-0.15, -0.1) is 0 Å². The van der Waals surface area contributed by atoms with E-state index in [9.17, 15) is 4.79 Å². The molecule has 14 heavy (non-hydrogen) atoms. The quantitative estimate of drug-likeness (QED) is 0.639. The van der Waals surface area contributed by atoms with E-state index in [1.54, 1.807) is 12.1 Å². The summed E-state index contributed by atoms with van der Waals surface area (Å²) in [5.74, 6) is 1.20. The molecule has 0 amide bonds. The van der Waals surface area contributed by atoms with Crippen LogP contribution in [0.1, 0.15) is 24.2 Å². The lowest BCUT2D eigenvalue weighted by molar-refractivity contribution is 0.0208. The Morgan fingerprint density at radius 1 is 1.43 bits per heavy atom. The van der Waals surface area contributed by atoms with Crippen molar-refractivity contribution in [2.75, 3.05) is 6.61 Å². The van der Waals surface area contributed by atoms with E-state index in [0.29, 0.717) is 23.7 Å². The number of benzene rings is 1. The Bertz CT molecular complexity index is 369. The Balaban J connectivity index is 2.45. The fourth-order valence-electron chi connectivity index (χ4n) is 1.43. The molecular formula is C11H12O3. The average Bonchev–Trinajstić information content (AvgIpc) is 2.15. The van der Waals surface area contributed by atoms with Crippen LogP contribution < -0.4 is 9.47 Å². The Hall–Kier alpha value is -1.51. The molecule has 0 fully saturated rings. The van der Waals surface area contributed by atoms with Crippen LogP contribution in [-0.2, 0) is 0 Å². The summed E-state index contributed by atoms with van der Waals surface area (Å²) >= 11 is 0. The fraction of sp³-hybridized carbons (Fsp3) is 0.364. The normalized spacial score (nSPS) is 17.6. The first kappa shape index (κ1) is 9.06. The van der Waals surface area contributed by atoms with Gasteiger partial charge in [0.25, 0.3) is 0 Å². The summed E-state index contributed by atoms with van der Waals surface area (Å²) in [6.45, 7) is 4.36. The van der Waals surface area contributed by atoms with Gasteiger partial charge in [0, 0.05) is 0 Å². The molecule has 2 rings (SSSR count). The van der Waals surface area contributed by atoms with E-state index < -0.39 is 0 Å². The van der Waals surface area contributed by atoms with Gasteiger partial charge in [0.2, 0.25) is 0 Å². The third-order valence-corrected chi connectivity index (χ3v) is 2.09. The second-order valence-corrected chi connectivity index (χ2v) is 3.94. The molecule has 1 aromatic carbocycles. The van der Waals surface area contributed by atoms with Gasteiger partial charge in [-0.3, -0.25) is 4.79 Å². The highest BCUT2D eigenvalue weighted by molar-refractivity contribution is 5.81. The zero-order chi connectivity index (χ0) is 10.2. The number of carbonyl (C=O) groups excluding carboxylic acids is 1. The first-order chi connectivity index (χ1) is 6.62. The van der Waals surface area contributed by atoms with Crippen molar-refractivity contribution in [3.8, 4) is 11.5 Å². The molecule has 0 radical (unpaired) electrons. The highest BCUT2D eigenvalue weighted by Crippen LogP contribution is 2.36. The SMILES string of the molecule is CC1(C)COc2c(C=O)cccc2O1. The zero-order valence-electron chi connectivity index (χ0n) is 8.24. The largest absolute Gasteiger partial charge is 0.485 e. The van der Waals surface area contributed by atoms with Crippen LogP contribution in [-0.4, -0.2) is 18.5 Å². The Morgan fingerprint density at radius 3 is 2.93 bits per heavy atom. The summed E-state index contributed by atoms with van der Waals surface area (Å²) in [6, 6.07) is 5.31. The van der Waals surface area contributed by atoms with Crippen molar-refractivity contribution in [1.82, 2.24) is 0 Å². The summed E-state index contributed by atoms with van der Waals surface area (Å²) in [7, 11) is 0. The summed E-state index contributed by atoms with van der Waals surface area (Å²) < 4.78 is 11.2. The molecule has 0 aliphatic carbocycles. The lowest BCUT2D eigenvalue weighted by atomic mass is 10.1. The number of hydrogen-bond acceptors (Lipinski definition) is 3. The number of hydrogen-bond donors (Lipinski definition) is 0. The van der Waals surface area contributed by atoms with Crippen molar-refractivity contribution in [1.29, 1.82) is 0 Å². The third-order valence-electron chi connectivity index (χ3n) is 2.09. The van der Waals surface area contributed by atoms with Crippen molar-refractivity contribution < 1.29 is 14.3 Å². The molecule has 0 saturated heterocycles. The Labute approximate surface area is 82.6 Å². The molecule has 1 aliphatic heterocycles. The van der Waals surface area contributed by atoms with E-state index >= 15 is 0 Å². The smallest absolute Gasteiger partial charge is 0.171 e. The van der Waals surface area contributed by atoms with Crippen molar-refractivity contribution in [2.24, 2.45) is 0 Å². The molecule has 74 valence electrons. The Morgan fingerprint density at radius 2 is 2.21 bits per heavy atom. The number of ether oxygens (including phenoxy) is 2. The maximum Gasteiger partial charge on any atom is 0.171 e. The van der Waals surface area contributed by atoms with Gasteiger partial charge in [-0.2, -0.15) is 0 Å². The van der Waals surface area contributed by atoms with E-state index in [0.717, 1.165) is 6.29 Å². The molecular weight excluding hydrogens is 180 g/mol. The van der Waals surface area contributed by atoms with Gasteiger partial charge >= 0.3 is 0 Å². The highest BCUT2D eigenvalue weighted by atomic mass is 16.6. The minimum atomic E-state index is -0.325. The van der Waals surface area contributed by atoms with E-state index in [1.807, 2.05) is 19.9 Å². The number of para-hydroxylation sites is 1. The Kier molecular flexibility index (Phi) is 1.95. The van der Waals surface area contributed by atoms with Crippen LogP contribution in [0, 0.1) is 0 Å². The van der Waals surface area contributed by atoms with Crippen molar-refractivity contribution in [2.45, 2.75) is 19.4 Å². The monoisotopic (exact) mass is 192 g/mol. The summed E-state index contributed by atoms with van der Waals surface area (Å²) in [6.07, 6.45) is 0.778. The predicted molar refractivity (Wildman–Crippen MR) is 52.0 cm³/mol. The molecule has 0 atom stereocenters. The van der Waals surface area contributed by atoms with Crippen LogP contribution in [0.5, 0.6) is 11.5 Å². The molecule has 0 aromatic heterocycles. The number of aldehydes is 1. The van der Waals surface area contributed by atoms with Crippen LogP contribution in [0.3, 0.4) is 0 Å². The molecule has 3 heteroatoms. The molecule has 0 bridgehead atoms. The number of carbonyl (C=O) groups is 1. The molecule has 0 spiro atoms. The van der Waals surface area contributed by atoms with Gasteiger partial charge in [-0.05, 0) is 26.0 Å². The fourth-order valence-corrected chi connectivity index (χ4v) is 1.43. The van der Waals surface area contributed by atoms with Crippen molar-refractivity contribution in [3.05, 3.63) is 23.8 Å². The second kappa shape index (κ2) is 3.01. The van der Waals surface area contributed by atoms with Crippen molar-refractivity contribution in [3.63, 3.8) is 0 Å². The number of fused-ring (bicyclic) bond motifs is 1. The summed E-state index contributed by atoms with van der Waals surface area (Å²) in [5, 5.41) is 0. The molecule has 3 nitrogen and oxygen atoms in total. The molecule has 0 unspecified atom stereocenters. The summed E-state index contributed by atoms with van der Waals surface area (Å²) in [4.78, 5) is 10.7. The summed E-state index contributed by atoms with van der Waals surface area (Å²) in [5.41, 5.74) is 0.215. The minimum Gasteiger partial charge on any atom is -0.485 e. The molecule has 1 heterocycles. The van der Waals surface area contributed by atoms with Gasteiger partial charge in [0.05, 0.1) is 5.56 Å². The minimum absolute atomic E-state index is 0.325. The maximum atomic E-state index is 10.7. The van der Waals surface area contributed by atoms with Crippen LogP contribution >= 0.6 is 0 Å². The third kappa shape index (κ3) is 1.45. The van der Waals surface area contributed by atoms with Crippen LogP contribution in [0.4, 0.5) is 0 Å². The van der Waals surface area contributed by atoms with E-state index in [1.165, 1.54) is 0 Å². The highest BCUT2D eigenvalue weighted by Gasteiger charge is 2.29. The van der Waals surface area contributed by atoms with Crippen molar-refractivity contribution >= 4 is 6.29 Å². The van der Waals surface area contributed by atoms with Gasteiger partial charge in [-0.25, -0.2) is 0 Å². The first-order valence-electron chi connectivity index (χ1n) is 4.52. The van der Waals surface area contributed by atoms with Crippen LogP contribution in [0.2, 0.25) is 0 Å². The number of rotatable bonds is 1. The van der Waals surface area contributed by atoms with Gasteiger partial charge < -0.3 is 9.47 Å². The molecule has 1 aliphatic rings. The van der Waals surface area contributed by atoms with E-state index in [4.69, 9.17) is 9.47 Å². The topological polar surface area (TPSA) is 35.5 Å². The molecule has 0 N–H and O–H groups in total. The van der Waals surface area contributed by atoms with Gasteiger partial charge in [-0.1, -0.05) is 6.07 Å². The van der Waals surface area contributed by atoms with E-state index in [-0.39, 0.29) is 5.60 Å². The average molecular weight is 192 g/mol. The lowest BCUT2D eigenvalue weighted by Gasteiger charge is -2.32. The standard InChI is InChI=1S/C11H12O3/c1-11(2)7-13-10-8(6-12)4-3-5-9(10)14-11/h3-6H,7H2,1-2H3. The second-order valence-electron chi connectivity index (χ2n) is 3.94. The lowest BCUT2D eigenvalue weighted by Crippen LogP contribution is -2.38. The van der Waals surface area contributed by atoms with Gasteiger partial charge in [0.15, 0.2) is 17.8 Å². The predicted octanol–water partition coefficient (Wildman–Crippen LogP) is 2.05. The zero-order valence-corrected chi connectivity index (χ0v) is 8.24. The van der Waals surface area contributed by atoms with Crippen LogP contribution in [0.15, 0.2) is 18.2 Å². The van der Waals surface area contributed by atoms with E-state index in [2.05, 4.69) is 0 Å². The molecule has 1 aromatic rings. The van der Waals surface area contributed by atoms with Crippen LogP contribution in [0.25, 0.3) is 0 Å². The molecule has 0 saturated carbocycles.